The van der Waals surface area contributed by atoms with E-state index < -0.39 is 12.5 Å². The van der Waals surface area contributed by atoms with Gasteiger partial charge in [0, 0.05) is 11.3 Å². The van der Waals surface area contributed by atoms with Crippen molar-refractivity contribution in [3.63, 3.8) is 0 Å². The van der Waals surface area contributed by atoms with Crippen LogP contribution in [0.25, 0.3) is 0 Å². The Bertz CT molecular complexity index is 134. The topological polar surface area (TPSA) is 37.3 Å². The van der Waals surface area contributed by atoms with Gasteiger partial charge in [-0.15, -0.1) is 0 Å². The molecule has 2 nitrogen and oxygen atoms in total. The molecule has 0 aromatic rings. The molecule has 0 aliphatic carbocycles. The van der Waals surface area contributed by atoms with E-state index in [2.05, 4.69) is 0 Å². The molecule has 3 heteroatoms. The van der Waals surface area contributed by atoms with Crippen LogP contribution in [0.15, 0.2) is 0 Å². The van der Waals surface area contributed by atoms with Gasteiger partial charge in [-0.2, -0.15) is 0 Å². The Morgan fingerprint density at radius 2 is 1.78 bits per heavy atom. The second-order valence-corrected chi connectivity index (χ2v) is 6.57. The average molecular weight is 150 g/mol. The van der Waals surface area contributed by atoms with E-state index in [0.717, 1.165) is 0 Å². The lowest BCUT2D eigenvalue weighted by Crippen LogP contribution is -2.15. The summed E-state index contributed by atoms with van der Waals surface area (Å²) in [4.78, 5) is 9.22. The summed E-state index contributed by atoms with van der Waals surface area (Å²) in [6.07, 6.45) is 0.372. The highest BCUT2D eigenvalue weighted by molar-refractivity contribution is 7.59. The fourth-order valence-electron chi connectivity index (χ4n) is 0.474. The molecule has 0 saturated carbocycles. The van der Waals surface area contributed by atoms with E-state index in [1.807, 2.05) is 0 Å². The Kier molecular flexibility index (Phi) is 2.48. The van der Waals surface area contributed by atoms with Gasteiger partial charge < -0.3 is 4.89 Å². The quantitative estimate of drug-likeness (QED) is 0.581. The Morgan fingerprint density at radius 3 is 1.78 bits per heavy atom. The van der Waals surface area contributed by atoms with Gasteiger partial charge >= 0.3 is 0 Å². The van der Waals surface area contributed by atoms with Crippen LogP contribution in [-0.2, 0) is 4.57 Å². The van der Waals surface area contributed by atoms with E-state index in [1.54, 1.807) is 27.7 Å². The molecule has 1 N–H and O–H groups in total. The second-order valence-electron chi connectivity index (χ2n) is 3.19. The minimum absolute atomic E-state index is 0.372. The standard InChI is InChI=1S/C6H15O2P/c1-5-9(7,8)6(2,3)4/h5H2,1-4H3,(H,7,8). The van der Waals surface area contributed by atoms with E-state index in [0.29, 0.717) is 6.16 Å². The van der Waals surface area contributed by atoms with Crippen LogP contribution < -0.4 is 0 Å². The normalized spacial score (nSPS) is 19.2. The molecule has 0 rings (SSSR count). The second kappa shape index (κ2) is 2.43. The van der Waals surface area contributed by atoms with Crippen molar-refractivity contribution >= 4 is 7.37 Å². The van der Waals surface area contributed by atoms with Crippen molar-refractivity contribution in [3.8, 4) is 0 Å². The van der Waals surface area contributed by atoms with Crippen molar-refractivity contribution in [1.82, 2.24) is 0 Å². The number of rotatable bonds is 1. The summed E-state index contributed by atoms with van der Waals surface area (Å²) in [7, 11) is -2.86. The van der Waals surface area contributed by atoms with Crippen LogP contribution in [-0.4, -0.2) is 16.2 Å². The van der Waals surface area contributed by atoms with Gasteiger partial charge in [-0.05, 0) is 0 Å². The van der Waals surface area contributed by atoms with Crippen LogP contribution in [0.2, 0.25) is 0 Å². The molecule has 0 fully saturated rings. The summed E-state index contributed by atoms with van der Waals surface area (Å²) in [5.74, 6) is 0. The zero-order chi connectivity index (χ0) is 7.71. The molecule has 56 valence electrons. The Morgan fingerprint density at radius 1 is 1.44 bits per heavy atom. The van der Waals surface area contributed by atoms with Gasteiger partial charge in [0.25, 0.3) is 0 Å². The van der Waals surface area contributed by atoms with Crippen molar-refractivity contribution < 1.29 is 9.46 Å². The first kappa shape index (κ1) is 9.19. The van der Waals surface area contributed by atoms with Crippen molar-refractivity contribution in [2.45, 2.75) is 32.9 Å². The maximum atomic E-state index is 11.2. The van der Waals surface area contributed by atoms with Crippen molar-refractivity contribution in [1.29, 1.82) is 0 Å². The lowest BCUT2D eigenvalue weighted by molar-refractivity contribution is 0.446. The largest absolute Gasteiger partial charge is 0.344 e. The molecule has 0 aliphatic heterocycles. The molecule has 1 atom stereocenters. The minimum atomic E-state index is -2.86. The van der Waals surface area contributed by atoms with E-state index in [-0.39, 0.29) is 0 Å². The first-order chi connectivity index (χ1) is 3.81. The smallest absolute Gasteiger partial charge is 0.205 e. The molecule has 0 radical (unpaired) electrons. The number of hydrogen-bond donors (Lipinski definition) is 1. The molecule has 0 aromatic heterocycles. The molecule has 0 saturated heterocycles. The predicted molar refractivity (Wildman–Crippen MR) is 40.1 cm³/mol. The first-order valence-corrected chi connectivity index (χ1v) is 4.97. The molecule has 0 heterocycles. The van der Waals surface area contributed by atoms with Crippen LogP contribution >= 0.6 is 7.37 Å². The first-order valence-electron chi connectivity index (χ1n) is 3.13. The summed E-state index contributed by atoms with van der Waals surface area (Å²) in [5.41, 5.74) is 0. The number of hydrogen-bond acceptors (Lipinski definition) is 1. The molecule has 0 aliphatic rings. The maximum absolute atomic E-state index is 11.2. The molecule has 0 spiro atoms. The Labute approximate surface area is 56.7 Å². The predicted octanol–water partition coefficient (Wildman–Crippen LogP) is 2.08. The van der Waals surface area contributed by atoms with Gasteiger partial charge in [0.15, 0.2) is 0 Å². The van der Waals surface area contributed by atoms with Crippen molar-refractivity contribution in [3.05, 3.63) is 0 Å². The highest BCUT2D eigenvalue weighted by Crippen LogP contribution is 2.53. The summed E-state index contributed by atoms with van der Waals surface area (Å²) < 4.78 is 11.2. The fourth-order valence-corrected chi connectivity index (χ4v) is 1.42. The lowest BCUT2D eigenvalue weighted by Gasteiger charge is -2.24. The van der Waals surface area contributed by atoms with E-state index in [9.17, 15) is 9.46 Å². The van der Waals surface area contributed by atoms with E-state index in [4.69, 9.17) is 0 Å². The molecule has 1 unspecified atom stereocenters. The van der Waals surface area contributed by atoms with Gasteiger partial charge in [-0.3, -0.25) is 4.57 Å². The molecular formula is C6H15O2P. The van der Waals surface area contributed by atoms with E-state index >= 15 is 0 Å². The van der Waals surface area contributed by atoms with Gasteiger partial charge in [0.05, 0.1) is 0 Å². The Balaban J connectivity index is 4.35. The van der Waals surface area contributed by atoms with Crippen LogP contribution in [0, 0.1) is 0 Å². The monoisotopic (exact) mass is 150 g/mol. The van der Waals surface area contributed by atoms with Crippen LogP contribution in [0.3, 0.4) is 0 Å². The van der Waals surface area contributed by atoms with Gasteiger partial charge in [0.2, 0.25) is 7.37 Å². The van der Waals surface area contributed by atoms with Crippen LogP contribution in [0.1, 0.15) is 27.7 Å². The van der Waals surface area contributed by atoms with Crippen LogP contribution in [0.5, 0.6) is 0 Å². The lowest BCUT2D eigenvalue weighted by atomic mass is 10.3. The van der Waals surface area contributed by atoms with Crippen molar-refractivity contribution in [2.24, 2.45) is 0 Å². The Hall–Kier alpha value is 0.190. The summed E-state index contributed by atoms with van der Waals surface area (Å²) in [6.45, 7) is 7.11. The SMILES string of the molecule is CCP(=O)(O)C(C)(C)C. The zero-order valence-electron chi connectivity index (χ0n) is 6.51. The summed E-state index contributed by atoms with van der Waals surface area (Å²) >= 11 is 0. The maximum Gasteiger partial charge on any atom is 0.205 e. The molecule has 0 bridgehead atoms. The fraction of sp³-hybridized carbons (Fsp3) is 1.00. The molecule has 0 aromatic carbocycles. The highest BCUT2D eigenvalue weighted by atomic mass is 31.2. The van der Waals surface area contributed by atoms with Crippen LogP contribution in [0.4, 0.5) is 0 Å². The average Bonchev–Trinajstić information content (AvgIpc) is 1.64. The van der Waals surface area contributed by atoms with Gasteiger partial charge in [0.1, 0.15) is 0 Å². The molecular weight excluding hydrogens is 135 g/mol. The summed E-state index contributed by atoms with van der Waals surface area (Å²) in [5, 5.41) is -0.443. The third-order valence-electron chi connectivity index (χ3n) is 1.48. The third kappa shape index (κ3) is 2.11. The summed E-state index contributed by atoms with van der Waals surface area (Å²) in [6, 6.07) is 0. The molecule has 0 amide bonds. The van der Waals surface area contributed by atoms with Crippen molar-refractivity contribution in [2.75, 3.05) is 6.16 Å². The van der Waals surface area contributed by atoms with E-state index in [1.165, 1.54) is 0 Å². The van der Waals surface area contributed by atoms with Gasteiger partial charge in [-0.25, -0.2) is 0 Å². The molecule has 9 heavy (non-hydrogen) atoms. The highest BCUT2D eigenvalue weighted by Gasteiger charge is 2.31. The third-order valence-corrected chi connectivity index (χ3v) is 4.43. The minimum Gasteiger partial charge on any atom is -0.344 e. The van der Waals surface area contributed by atoms with Gasteiger partial charge in [-0.1, -0.05) is 27.7 Å². The zero-order valence-corrected chi connectivity index (χ0v) is 7.40.